The standard InChI is InChI=1S/C16H18FN3O3S/c17-11-8-12(10-4-2-1-3-5-10)20-15(11)18-14(19-20)13(24(22)23)16(9-21)6-7-16/h1-5,11-13,21,24H,6-9H2/t11-,12-,13?/m0/s1. The first-order valence-corrected chi connectivity index (χ1v) is 9.20. The number of aliphatic hydroxyl groups is 1. The smallest absolute Gasteiger partial charge is 0.169 e. The Morgan fingerprint density at radius 1 is 1.33 bits per heavy atom. The summed E-state index contributed by atoms with van der Waals surface area (Å²) in [5, 5.41) is 12.9. The monoisotopic (exact) mass is 351 g/mol. The minimum Gasteiger partial charge on any atom is -0.396 e. The first kappa shape index (κ1) is 15.7. The van der Waals surface area contributed by atoms with Crippen LogP contribution in [-0.2, 0) is 10.7 Å². The lowest BCUT2D eigenvalue weighted by Crippen LogP contribution is -2.21. The maximum absolute atomic E-state index is 14.4. The summed E-state index contributed by atoms with van der Waals surface area (Å²) in [4.78, 5) is 4.21. The lowest BCUT2D eigenvalue weighted by molar-refractivity contribution is 0.204. The Bertz CT molecular complexity index is 824. The number of benzene rings is 1. The fourth-order valence-corrected chi connectivity index (χ4v) is 4.62. The number of thiol groups is 1. The molecule has 8 heteroatoms. The van der Waals surface area contributed by atoms with Crippen molar-refractivity contribution in [3.8, 4) is 0 Å². The van der Waals surface area contributed by atoms with E-state index in [2.05, 4.69) is 10.1 Å². The van der Waals surface area contributed by atoms with Crippen molar-refractivity contribution in [3.05, 3.63) is 47.5 Å². The second kappa shape index (κ2) is 5.63. The van der Waals surface area contributed by atoms with Crippen LogP contribution >= 0.6 is 0 Å². The number of rotatable bonds is 5. The Hall–Kier alpha value is -1.80. The number of hydrogen-bond donors (Lipinski definition) is 2. The molecule has 1 N–H and O–H groups in total. The van der Waals surface area contributed by atoms with Crippen LogP contribution in [0.1, 0.15) is 53.9 Å². The van der Waals surface area contributed by atoms with Gasteiger partial charge in [-0.15, -0.1) is 0 Å². The fraction of sp³-hybridized carbons (Fsp3) is 0.500. The van der Waals surface area contributed by atoms with Gasteiger partial charge in [0.1, 0.15) is 5.25 Å². The van der Waals surface area contributed by atoms with Gasteiger partial charge in [0.2, 0.25) is 0 Å². The van der Waals surface area contributed by atoms with Crippen LogP contribution < -0.4 is 0 Å². The van der Waals surface area contributed by atoms with Gasteiger partial charge in [0.15, 0.2) is 28.5 Å². The van der Waals surface area contributed by atoms with E-state index in [1.165, 1.54) is 4.68 Å². The van der Waals surface area contributed by atoms with E-state index in [1.807, 2.05) is 30.3 Å². The van der Waals surface area contributed by atoms with Gasteiger partial charge in [-0.1, -0.05) is 30.3 Å². The topological polar surface area (TPSA) is 85.1 Å². The highest BCUT2D eigenvalue weighted by atomic mass is 32.2. The van der Waals surface area contributed by atoms with Gasteiger partial charge in [0, 0.05) is 11.8 Å². The molecule has 0 spiro atoms. The van der Waals surface area contributed by atoms with E-state index in [0.717, 1.165) is 5.56 Å². The van der Waals surface area contributed by atoms with Crippen molar-refractivity contribution in [2.24, 2.45) is 5.41 Å². The van der Waals surface area contributed by atoms with Crippen molar-refractivity contribution >= 4 is 10.7 Å². The molecule has 6 nitrogen and oxygen atoms in total. The third kappa shape index (κ3) is 2.36. The first-order chi connectivity index (χ1) is 11.6. The number of nitrogens with zero attached hydrogens (tertiary/aromatic N) is 3. The van der Waals surface area contributed by atoms with E-state index in [9.17, 15) is 17.9 Å². The normalized spacial score (nSPS) is 25.6. The SMILES string of the molecule is O=[SH](=O)C(c1nc2n(n1)[C@H](c1ccccc1)C[C@@H]2F)C1(CO)CC1. The summed E-state index contributed by atoms with van der Waals surface area (Å²) in [5.74, 6) is 0.283. The summed E-state index contributed by atoms with van der Waals surface area (Å²) in [6.45, 7) is -0.230. The Morgan fingerprint density at radius 3 is 2.62 bits per heavy atom. The van der Waals surface area contributed by atoms with Crippen LogP contribution in [-0.4, -0.2) is 34.9 Å². The number of halogens is 1. The number of alkyl halides is 1. The maximum Gasteiger partial charge on any atom is 0.169 e. The molecule has 1 aliphatic heterocycles. The third-order valence-electron chi connectivity index (χ3n) is 5.11. The molecule has 1 saturated carbocycles. The van der Waals surface area contributed by atoms with Gasteiger partial charge < -0.3 is 5.11 Å². The number of aromatic nitrogens is 3. The molecule has 0 radical (unpaired) electrons. The van der Waals surface area contributed by atoms with Gasteiger partial charge in [-0.2, -0.15) is 5.10 Å². The van der Waals surface area contributed by atoms with E-state index < -0.39 is 27.5 Å². The molecule has 2 heterocycles. The van der Waals surface area contributed by atoms with Crippen molar-refractivity contribution < 1.29 is 17.9 Å². The van der Waals surface area contributed by atoms with Crippen molar-refractivity contribution in [1.82, 2.24) is 14.8 Å². The summed E-state index contributed by atoms with van der Waals surface area (Å²) in [6.07, 6.45) is 0.204. The van der Waals surface area contributed by atoms with E-state index in [1.54, 1.807) is 0 Å². The average Bonchev–Trinajstić information content (AvgIpc) is 3.14. The maximum atomic E-state index is 14.4. The van der Waals surface area contributed by atoms with Gasteiger partial charge in [0.25, 0.3) is 0 Å². The summed E-state index contributed by atoms with van der Waals surface area (Å²) in [7, 11) is -2.86. The highest BCUT2D eigenvalue weighted by molar-refractivity contribution is 7.72. The molecule has 0 bridgehead atoms. The average molecular weight is 351 g/mol. The first-order valence-electron chi connectivity index (χ1n) is 7.95. The molecule has 2 aliphatic rings. The van der Waals surface area contributed by atoms with Crippen LogP contribution in [0, 0.1) is 5.41 Å². The van der Waals surface area contributed by atoms with Gasteiger partial charge in [-0.25, -0.2) is 22.5 Å². The summed E-state index contributed by atoms with van der Waals surface area (Å²) in [6, 6.07) is 9.15. The molecule has 2 aromatic rings. The van der Waals surface area contributed by atoms with Gasteiger partial charge in [-0.05, 0) is 18.4 Å². The van der Waals surface area contributed by atoms with Crippen LogP contribution in [0.25, 0.3) is 0 Å². The van der Waals surface area contributed by atoms with E-state index in [4.69, 9.17) is 0 Å². The molecule has 1 aromatic carbocycles. The Balaban J connectivity index is 1.75. The van der Waals surface area contributed by atoms with Gasteiger partial charge >= 0.3 is 0 Å². The Morgan fingerprint density at radius 2 is 2.04 bits per heavy atom. The number of hydrogen-bond acceptors (Lipinski definition) is 5. The van der Waals surface area contributed by atoms with Crippen LogP contribution in [0.4, 0.5) is 4.39 Å². The molecular formula is C16H18FN3O3S. The molecular weight excluding hydrogens is 333 g/mol. The van der Waals surface area contributed by atoms with Crippen molar-refractivity contribution in [2.45, 2.75) is 36.7 Å². The zero-order valence-electron chi connectivity index (χ0n) is 12.9. The predicted octanol–water partition coefficient (Wildman–Crippen LogP) is 1.71. The molecule has 1 unspecified atom stereocenters. The zero-order valence-corrected chi connectivity index (χ0v) is 13.8. The minimum absolute atomic E-state index is 0.107. The lowest BCUT2D eigenvalue weighted by Gasteiger charge is -2.17. The molecule has 3 atom stereocenters. The second-order valence-electron chi connectivity index (χ2n) is 6.61. The van der Waals surface area contributed by atoms with Crippen molar-refractivity contribution in [2.75, 3.05) is 6.61 Å². The van der Waals surface area contributed by atoms with E-state index in [-0.39, 0.29) is 30.7 Å². The molecule has 0 saturated heterocycles. The highest BCUT2D eigenvalue weighted by Crippen LogP contribution is 2.56. The zero-order chi connectivity index (χ0) is 16.9. The van der Waals surface area contributed by atoms with Gasteiger partial charge in [-0.3, -0.25) is 0 Å². The molecule has 1 aromatic heterocycles. The van der Waals surface area contributed by atoms with Crippen LogP contribution in [0.2, 0.25) is 0 Å². The fourth-order valence-electron chi connectivity index (χ4n) is 3.54. The molecule has 4 rings (SSSR count). The molecule has 1 aliphatic carbocycles. The third-order valence-corrected chi connectivity index (χ3v) is 6.31. The summed E-state index contributed by atoms with van der Waals surface area (Å²) in [5.41, 5.74) is 0.216. The van der Waals surface area contributed by atoms with Crippen molar-refractivity contribution in [3.63, 3.8) is 0 Å². The molecule has 0 amide bonds. The van der Waals surface area contributed by atoms with E-state index >= 15 is 0 Å². The van der Waals surface area contributed by atoms with Crippen LogP contribution in [0.3, 0.4) is 0 Å². The lowest BCUT2D eigenvalue weighted by atomic mass is 10.0. The van der Waals surface area contributed by atoms with Gasteiger partial charge in [0.05, 0.1) is 12.6 Å². The summed E-state index contributed by atoms with van der Waals surface area (Å²) < 4.78 is 39.4. The van der Waals surface area contributed by atoms with E-state index in [0.29, 0.717) is 12.8 Å². The number of aliphatic hydroxyl groups excluding tert-OH is 1. The quantitative estimate of drug-likeness (QED) is 0.801. The highest BCUT2D eigenvalue weighted by Gasteiger charge is 2.53. The van der Waals surface area contributed by atoms with Crippen LogP contribution in [0.15, 0.2) is 30.3 Å². The molecule has 24 heavy (non-hydrogen) atoms. The largest absolute Gasteiger partial charge is 0.396 e. The predicted molar refractivity (Wildman–Crippen MR) is 84.9 cm³/mol. The second-order valence-corrected chi connectivity index (χ2v) is 7.70. The van der Waals surface area contributed by atoms with Crippen LogP contribution in [0.5, 0.6) is 0 Å². The minimum atomic E-state index is -2.86. The Labute approximate surface area is 140 Å². The number of fused-ring (bicyclic) bond motifs is 1. The molecule has 128 valence electrons. The summed E-state index contributed by atoms with van der Waals surface area (Å²) >= 11 is 0. The van der Waals surface area contributed by atoms with Crippen molar-refractivity contribution in [1.29, 1.82) is 0 Å². The Kier molecular flexibility index (Phi) is 3.69. The molecule has 1 fully saturated rings.